The van der Waals surface area contributed by atoms with E-state index < -0.39 is 12.2 Å². The third-order valence-corrected chi connectivity index (χ3v) is 9.27. The Labute approximate surface area is 271 Å². The van der Waals surface area contributed by atoms with Gasteiger partial charge < -0.3 is 34.9 Å². The number of likely N-dealkylation sites (tertiary alicyclic amines) is 1. The Balaban J connectivity index is 1.27. The summed E-state index contributed by atoms with van der Waals surface area (Å²) in [5.74, 6) is 1.36. The molecule has 3 heterocycles. The smallest absolute Gasteiger partial charge is 0.254 e. The summed E-state index contributed by atoms with van der Waals surface area (Å²) >= 11 is 0. The number of imidazole rings is 1. The molecule has 4 N–H and O–H groups in total. The van der Waals surface area contributed by atoms with Gasteiger partial charge in [-0.3, -0.25) is 9.59 Å². The van der Waals surface area contributed by atoms with E-state index in [1.807, 2.05) is 23.7 Å². The summed E-state index contributed by atoms with van der Waals surface area (Å²) in [5, 5.41) is 12.8. The Morgan fingerprint density at radius 1 is 1.04 bits per heavy atom. The third kappa shape index (κ3) is 5.96. The first-order valence-corrected chi connectivity index (χ1v) is 16.1. The van der Waals surface area contributed by atoms with Gasteiger partial charge in [0.05, 0.1) is 31.5 Å². The van der Waals surface area contributed by atoms with Gasteiger partial charge in [-0.05, 0) is 72.7 Å². The molecule has 2 amide bonds. The van der Waals surface area contributed by atoms with Crippen LogP contribution in [0.15, 0.2) is 60.7 Å². The predicted molar refractivity (Wildman–Crippen MR) is 179 cm³/mol. The maximum atomic E-state index is 14.3. The zero-order valence-corrected chi connectivity index (χ0v) is 26.6. The van der Waals surface area contributed by atoms with E-state index in [-0.39, 0.29) is 37.9 Å². The van der Waals surface area contributed by atoms with Crippen molar-refractivity contribution in [3.05, 3.63) is 71.8 Å². The number of aryl methyl sites for hydroxylation is 1. The van der Waals surface area contributed by atoms with Crippen LogP contribution in [-0.4, -0.2) is 81.5 Å². The first-order valence-electron chi connectivity index (χ1n) is 16.1. The second-order valence-electron chi connectivity index (χ2n) is 12.8. The number of nitrogens with zero attached hydrogens (tertiary/aromatic N) is 4. The predicted octanol–water partition coefficient (Wildman–Crippen LogP) is 4.51. The number of alkyl halides is 1. The number of halogens is 1. The second-order valence-corrected chi connectivity index (χ2v) is 12.8. The fourth-order valence-corrected chi connectivity index (χ4v) is 6.70. The maximum absolute atomic E-state index is 14.3. The number of piperidine rings is 1. The molecule has 2 fully saturated rings. The van der Waals surface area contributed by atoms with Crippen LogP contribution < -0.4 is 15.8 Å². The molecule has 47 heavy (non-hydrogen) atoms. The molecule has 1 saturated carbocycles. The lowest BCUT2D eigenvalue weighted by Gasteiger charge is -2.33. The van der Waals surface area contributed by atoms with Crippen LogP contribution in [0, 0.1) is 5.92 Å². The molecule has 5 aromatic rings. The normalized spacial score (nSPS) is 18.2. The molecular formula is C36H39FN6O4. The molecule has 7 rings (SSSR count). The van der Waals surface area contributed by atoms with Crippen molar-refractivity contribution in [1.29, 1.82) is 0 Å². The Hall–Kier alpha value is -4.74. The summed E-state index contributed by atoms with van der Waals surface area (Å²) in [5.41, 5.74) is 12.4. The van der Waals surface area contributed by atoms with Crippen LogP contribution in [-0.2, 0) is 13.6 Å². The molecule has 1 saturated heterocycles. The van der Waals surface area contributed by atoms with Crippen molar-refractivity contribution in [2.75, 3.05) is 33.4 Å². The van der Waals surface area contributed by atoms with E-state index in [1.165, 1.54) is 17.7 Å². The molecule has 10 nitrogen and oxygen atoms in total. The highest BCUT2D eigenvalue weighted by Gasteiger charge is 2.30. The van der Waals surface area contributed by atoms with Crippen molar-refractivity contribution in [2.24, 2.45) is 18.7 Å². The lowest BCUT2D eigenvalue weighted by molar-refractivity contribution is 0.0606. The number of aliphatic hydroxyl groups excluding tert-OH is 1. The van der Waals surface area contributed by atoms with Crippen LogP contribution >= 0.6 is 0 Å². The zero-order chi connectivity index (χ0) is 32.8. The highest BCUT2D eigenvalue weighted by Crippen LogP contribution is 2.39. The average Bonchev–Trinajstić information content (AvgIpc) is 3.75. The highest BCUT2D eigenvalue weighted by atomic mass is 19.1. The van der Waals surface area contributed by atoms with Crippen LogP contribution in [0.25, 0.3) is 44.6 Å². The molecule has 2 aliphatic rings. The van der Waals surface area contributed by atoms with Crippen LogP contribution in [0.1, 0.15) is 40.0 Å². The van der Waals surface area contributed by atoms with E-state index >= 15 is 0 Å². The molecule has 2 aromatic heterocycles. The van der Waals surface area contributed by atoms with Crippen molar-refractivity contribution in [1.82, 2.24) is 24.3 Å². The Bertz CT molecular complexity index is 1970. The van der Waals surface area contributed by atoms with Crippen molar-refractivity contribution in [3.8, 4) is 28.4 Å². The molecule has 0 spiro atoms. The number of aromatic nitrogens is 3. The monoisotopic (exact) mass is 638 g/mol. The van der Waals surface area contributed by atoms with Crippen LogP contribution in [0.2, 0.25) is 0 Å². The minimum atomic E-state index is -1.15. The number of fused-ring (bicyclic) bond motifs is 2. The SMILES string of the molecule is COc1cc(C(=O)N2C[C@H](N)C[C@@H](F)C2)cc2nc(-c3cc4ccc(-c5ccc(C(=O)NCCO)cc5)cc4n3CC3CC3)n(C)c12. The van der Waals surface area contributed by atoms with E-state index in [0.29, 0.717) is 34.9 Å². The van der Waals surface area contributed by atoms with Gasteiger partial charge in [0, 0.05) is 54.8 Å². The number of hydrogen-bond donors (Lipinski definition) is 3. The summed E-state index contributed by atoms with van der Waals surface area (Å²) < 4.78 is 24.4. The van der Waals surface area contributed by atoms with Crippen LogP contribution in [0.5, 0.6) is 5.75 Å². The molecule has 0 bridgehead atoms. The van der Waals surface area contributed by atoms with Crippen LogP contribution in [0.4, 0.5) is 4.39 Å². The minimum absolute atomic E-state index is 0.0215. The van der Waals surface area contributed by atoms with E-state index in [4.69, 9.17) is 20.6 Å². The van der Waals surface area contributed by atoms with Gasteiger partial charge >= 0.3 is 0 Å². The van der Waals surface area contributed by atoms with Gasteiger partial charge in [0.25, 0.3) is 11.8 Å². The average molecular weight is 639 g/mol. The fraction of sp³-hybridized carbons (Fsp3) is 0.361. The van der Waals surface area contributed by atoms with Gasteiger partial charge in [0.2, 0.25) is 0 Å². The molecule has 0 radical (unpaired) electrons. The number of methoxy groups -OCH3 is 1. The van der Waals surface area contributed by atoms with Gasteiger partial charge in [-0.2, -0.15) is 0 Å². The molecule has 1 aliphatic carbocycles. The molecule has 244 valence electrons. The number of benzene rings is 3. The summed E-state index contributed by atoms with van der Waals surface area (Å²) in [6.07, 6.45) is 1.47. The van der Waals surface area contributed by atoms with Gasteiger partial charge in [0.1, 0.15) is 17.4 Å². The van der Waals surface area contributed by atoms with Crippen molar-refractivity contribution in [2.45, 2.75) is 38.0 Å². The second kappa shape index (κ2) is 12.5. The third-order valence-electron chi connectivity index (χ3n) is 9.27. The number of nitrogens with two attached hydrogens (primary N) is 1. The number of rotatable bonds is 9. The standard InChI is InChI=1S/C36H39FN6O4/c1-41-33-29(13-26(16-32(33)47-2)36(46)42-19-27(37)17-28(38)20-42)40-34(41)31-15-25-10-9-24(14-30(25)43(31)18-21-3-4-21)22-5-7-23(8-6-22)35(45)39-11-12-44/h5-10,13-16,21,27-28,44H,3-4,11-12,17-20,38H2,1-2H3,(H,39,45)/t27-,28-/m1/s1. The summed E-state index contributed by atoms with van der Waals surface area (Å²) in [6, 6.07) is 19.1. The minimum Gasteiger partial charge on any atom is -0.494 e. The maximum Gasteiger partial charge on any atom is 0.254 e. The number of amides is 2. The molecule has 0 unspecified atom stereocenters. The summed E-state index contributed by atoms with van der Waals surface area (Å²) in [6.45, 7) is 1.29. The Morgan fingerprint density at radius 3 is 2.51 bits per heavy atom. The van der Waals surface area contributed by atoms with E-state index in [9.17, 15) is 14.0 Å². The van der Waals surface area contributed by atoms with Crippen molar-refractivity contribution < 1.29 is 23.8 Å². The lowest BCUT2D eigenvalue weighted by atomic mass is 10.0. The molecule has 2 atom stereocenters. The molecule has 3 aromatic carbocycles. The van der Waals surface area contributed by atoms with Gasteiger partial charge in [-0.25, -0.2) is 9.37 Å². The number of carbonyl (C=O) groups excluding carboxylic acids is 2. The quantitative estimate of drug-likeness (QED) is 0.218. The van der Waals surface area contributed by atoms with Gasteiger partial charge in [-0.15, -0.1) is 0 Å². The van der Waals surface area contributed by atoms with Crippen molar-refractivity contribution >= 4 is 33.8 Å². The Morgan fingerprint density at radius 2 is 1.81 bits per heavy atom. The fourth-order valence-electron chi connectivity index (χ4n) is 6.70. The number of carbonyl (C=O) groups is 2. The number of nitrogens with one attached hydrogen (secondary N) is 1. The van der Waals surface area contributed by atoms with E-state index in [1.54, 1.807) is 31.4 Å². The van der Waals surface area contributed by atoms with E-state index in [2.05, 4.69) is 34.1 Å². The largest absolute Gasteiger partial charge is 0.494 e. The number of ether oxygens (including phenoxy) is 1. The highest BCUT2D eigenvalue weighted by molar-refractivity contribution is 6.00. The van der Waals surface area contributed by atoms with Crippen LogP contribution in [0.3, 0.4) is 0 Å². The summed E-state index contributed by atoms with van der Waals surface area (Å²) in [4.78, 5) is 32.3. The van der Waals surface area contributed by atoms with E-state index in [0.717, 1.165) is 45.6 Å². The van der Waals surface area contributed by atoms with Crippen molar-refractivity contribution in [3.63, 3.8) is 0 Å². The summed E-state index contributed by atoms with van der Waals surface area (Å²) in [7, 11) is 3.53. The molecule has 1 aliphatic heterocycles. The number of hydrogen-bond acceptors (Lipinski definition) is 6. The zero-order valence-electron chi connectivity index (χ0n) is 26.6. The first-order chi connectivity index (χ1) is 22.7. The topological polar surface area (TPSA) is 128 Å². The number of aliphatic hydroxyl groups is 1. The first kappa shape index (κ1) is 30.9. The molecule has 11 heteroatoms. The Kier molecular flexibility index (Phi) is 8.19. The lowest BCUT2D eigenvalue weighted by Crippen LogP contribution is -2.50. The molecular weight excluding hydrogens is 599 g/mol. The van der Waals surface area contributed by atoms with Gasteiger partial charge in [-0.1, -0.05) is 24.3 Å². The van der Waals surface area contributed by atoms with Gasteiger partial charge in [0.15, 0.2) is 5.82 Å².